The van der Waals surface area contributed by atoms with Crippen LogP contribution >= 0.6 is 0 Å². The van der Waals surface area contributed by atoms with E-state index in [1.807, 2.05) is 17.0 Å². The van der Waals surface area contributed by atoms with E-state index in [1.54, 1.807) is 12.4 Å². The molecule has 2 fully saturated rings. The number of amides is 1. The smallest absolute Gasteiger partial charge is 0.233 e. The second kappa shape index (κ2) is 6.80. The van der Waals surface area contributed by atoms with Crippen LogP contribution in [0.15, 0.2) is 24.5 Å². The fraction of sp³-hybridized carbons (Fsp3) is 0.647. The number of piperidine rings is 1. The van der Waals surface area contributed by atoms with E-state index >= 15 is 0 Å². The maximum atomic E-state index is 13.4. The summed E-state index contributed by atoms with van der Waals surface area (Å²) in [5.41, 5.74) is 0.507. The van der Waals surface area contributed by atoms with Gasteiger partial charge in [-0.3, -0.25) is 9.78 Å². The molecule has 1 saturated heterocycles. The van der Waals surface area contributed by atoms with Crippen LogP contribution in [0.3, 0.4) is 0 Å². The van der Waals surface area contributed by atoms with E-state index in [1.165, 1.54) is 6.26 Å². The average Bonchev–Trinajstić information content (AvgIpc) is 3.04. The molecule has 0 radical (unpaired) electrons. The molecule has 6 nitrogen and oxygen atoms in total. The van der Waals surface area contributed by atoms with Gasteiger partial charge in [0.05, 0.1) is 11.7 Å². The highest BCUT2D eigenvalue weighted by atomic mass is 32.2. The number of carbonyl (C=O) groups excluding carboxylic acids is 1. The second-order valence-corrected chi connectivity index (χ2v) is 8.79. The van der Waals surface area contributed by atoms with Crippen LogP contribution < -0.4 is 4.72 Å². The summed E-state index contributed by atoms with van der Waals surface area (Å²) in [5.74, 6) is 0.132. The van der Waals surface area contributed by atoms with Crippen molar-refractivity contribution in [3.63, 3.8) is 0 Å². The Hall–Kier alpha value is -1.47. The van der Waals surface area contributed by atoms with E-state index in [9.17, 15) is 13.2 Å². The van der Waals surface area contributed by atoms with Crippen molar-refractivity contribution in [2.45, 2.75) is 50.0 Å². The molecule has 0 aromatic carbocycles. The molecule has 1 aromatic rings. The Morgan fingerprint density at radius 2 is 2.08 bits per heavy atom. The first-order valence-electron chi connectivity index (χ1n) is 8.58. The van der Waals surface area contributed by atoms with Crippen LogP contribution in [0.1, 0.15) is 44.1 Å². The minimum Gasteiger partial charge on any atom is -0.340 e. The van der Waals surface area contributed by atoms with Gasteiger partial charge in [0.15, 0.2) is 0 Å². The number of aromatic nitrogens is 1. The van der Waals surface area contributed by atoms with Gasteiger partial charge in [-0.25, -0.2) is 13.1 Å². The Morgan fingerprint density at radius 1 is 1.33 bits per heavy atom. The van der Waals surface area contributed by atoms with Crippen LogP contribution in [0.25, 0.3) is 0 Å². The fourth-order valence-corrected chi connectivity index (χ4v) is 4.91. The fourth-order valence-electron chi connectivity index (χ4n) is 4.11. The van der Waals surface area contributed by atoms with E-state index in [4.69, 9.17) is 0 Å². The van der Waals surface area contributed by atoms with Crippen molar-refractivity contribution in [1.29, 1.82) is 0 Å². The van der Waals surface area contributed by atoms with Crippen molar-refractivity contribution in [2.75, 3.05) is 19.3 Å². The number of carbonyl (C=O) groups is 1. The standard InChI is InChI=1S/C17H25N3O3S/c1-24(22,23)19-15-7-5-11-20(13-15)16(21)17(8-2-3-9-17)14-6-4-10-18-12-14/h4,6,10,12,15,19H,2-3,5,7-9,11,13H2,1H3. The zero-order valence-electron chi connectivity index (χ0n) is 14.1. The van der Waals surface area contributed by atoms with E-state index in [0.717, 1.165) is 44.1 Å². The number of hydrogen-bond acceptors (Lipinski definition) is 4. The molecule has 24 heavy (non-hydrogen) atoms. The topological polar surface area (TPSA) is 79.4 Å². The van der Waals surface area contributed by atoms with E-state index in [-0.39, 0.29) is 11.9 Å². The second-order valence-electron chi connectivity index (χ2n) is 7.01. The summed E-state index contributed by atoms with van der Waals surface area (Å²) in [4.78, 5) is 19.4. The molecular formula is C17H25N3O3S. The van der Waals surface area contributed by atoms with Gasteiger partial charge in [0.25, 0.3) is 0 Å². The zero-order chi connectivity index (χ0) is 17.2. The van der Waals surface area contributed by atoms with Gasteiger partial charge in [-0.1, -0.05) is 18.9 Å². The number of nitrogens with zero attached hydrogens (tertiary/aromatic N) is 2. The van der Waals surface area contributed by atoms with Crippen molar-refractivity contribution in [1.82, 2.24) is 14.6 Å². The molecule has 132 valence electrons. The van der Waals surface area contributed by atoms with Crippen LogP contribution in [-0.2, 0) is 20.2 Å². The molecule has 0 spiro atoms. The van der Waals surface area contributed by atoms with Gasteiger partial charge in [-0.2, -0.15) is 0 Å². The monoisotopic (exact) mass is 351 g/mol. The highest BCUT2D eigenvalue weighted by Gasteiger charge is 2.45. The summed E-state index contributed by atoms with van der Waals surface area (Å²) in [6.45, 7) is 1.15. The molecule has 1 aliphatic carbocycles. The highest BCUT2D eigenvalue weighted by molar-refractivity contribution is 7.88. The molecule has 7 heteroatoms. The summed E-state index contributed by atoms with van der Waals surface area (Å²) < 4.78 is 25.6. The number of rotatable bonds is 4. The maximum Gasteiger partial charge on any atom is 0.233 e. The number of pyridine rings is 1. The summed E-state index contributed by atoms with van der Waals surface area (Å²) >= 11 is 0. The lowest BCUT2D eigenvalue weighted by atomic mass is 9.78. The molecule has 2 heterocycles. The highest BCUT2D eigenvalue weighted by Crippen LogP contribution is 2.42. The van der Waals surface area contributed by atoms with Crippen molar-refractivity contribution in [3.8, 4) is 0 Å². The third-order valence-corrected chi connectivity index (χ3v) is 5.93. The molecule has 2 aliphatic rings. The summed E-state index contributed by atoms with van der Waals surface area (Å²) in [7, 11) is -3.26. The van der Waals surface area contributed by atoms with Crippen molar-refractivity contribution < 1.29 is 13.2 Å². The Morgan fingerprint density at radius 3 is 2.71 bits per heavy atom. The quantitative estimate of drug-likeness (QED) is 0.890. The summed E-state index contributed by atoms with van der Waals surface area (Å²) in [5, 5.41) is 0. The minimum atomic E-state index is -3.26. The lowest BCUT2D eigenvalue weighted by Crippen LogP contribution is -2.54. The van der Waals surface area contributed by atoms with E-state index < -0.39 is 15.4 Å². The lowest BCUT2D eigenvalue weighted by molar-refractivity contribution is -0.138. The van der Waals surface area contributed by atoms with Crippen LogP contribution in [-0.4, -0.2) is 49.6 Å². The first kappa shape index (κ1) is 17.4. The molecule has 1 unspecified atom stereocenters. The Balaban J connectivity index is 1.81. The Labute approximate surface area is 143 Å². The predicted molar refractivity (Wildman–Crippen MR) is 92.0 cm³/mol. The number of sulfonamides is 1. The van der Waals surface area contributed by atoms with Crippen LogP contribution in [0, 0.1) is 0 Å². The van der Waals surface area contributed by atoms with Crippen LogP contribution in [0.4, 0.5) is 0 Å². The molecule has 0 bridgehead atoms. The number of hydrogen-bond donors (Lipinski definition) is 1. The number of nitrogens with one attached hydrogen (secondary N) is 1. The normalized spacial score (nSPS) is 24.0. The third-order valence-electron chi connectivity index (χ3n) is 5.17. The first-order chi connectivity index (χ1) is 11.4. The van der Waals surface area contributed by atoms with Gasteiger partial charge in [-0.05, 0) is 37.3 Å². The third kappa shape index (κ3) is 3.62. The van der Waals surface area contributed by atoms with Crippen LogP contribution in [0.2, 0.25) is 0 Å². The predicted octanol–water partition coefficient (Wildman–Crippen LogP) is 1.43. The summed E-state index contributed by atoms with van der Waals surface area (Å²) in [6.07, 6.45) is 10.1. The molecule has 1 N–H and O–H groups in total. The van der Waals surface area contributed by atoms with Gasteiger partial charge in [0, 0.05) is 31.5 Å². The maximum absolute atomic E-state index is 13.4. The molecule has 1 amide bonds. The van der Waals surface area contributed by atoms with E-state index in [2.05, 4.69) is 9.71 Å². The summed E-state index contributed by atoms with van der Waals surface area (Å²) in [6, 6.07) is 3.68. The Bertz CT molecular complexity index is 684. The SMILES string of the molecule is CS(=O)(=O)NC1CCCN(C(=O)C2(c3cccnc3)CCCC2)C1. The minimum absolute atomic E-state index is 0.132. The number of likely N-dealkylation sites (tertiary alicyclic amines) is 1. The lowest BCUT2D eigenvalue weighted by Gasteiger charge is -2.39. The zero-order valence-corrected chi connectivity index (χ0v) is 14.9. The molecule has 1 aromatic heterocycles. The van der Waals surface area contributed by atoms with Gasteiger partial charge >= 0.3 is 0 Å². The van der Waals surface area contributed by atoms with Crippen molar-refractivity contribution in [2.24, 2.45) is 0 Å². The molecule has 1 atom stereocenters. The van der Waals surface area contributed by atoms with Crippen molar-refractivity contribution in [3.05, 3.63) is 30.1 Å². The van der Waals surface area contributed by atoms with Gasteiger partial charge < -0.3 is 4.90 Å². The average molecular weight is 351 g/mol. The van der Waals surface area contributed by atoms with E-state index in [0.29, 0.717) is 13.1 Å². The molecular weight excluding hydrogens is 326 g/mol. The largest absolute Gasteiger partial charge is 0.340 e. The van der Waals surface area contributed by atoms with Gasteiger partial charge in [0.2, 0.25) is 15.9 Å². The van der Waals surface area contributed by atoms with Gasteiger partial charge in [0.1, 0.15) is 0 Å². The Kier molecular flexibility index (Phi) is 4.92. The van der Waals surface area contributed by atoms with Crippen LogP contribution in [0.5, 0.6) is 0 Å². The molecule has 1 saturated carbocycles. The first-order valence-corrected chi connectivity index (χ1v) is 10.5. The molecule has 1 aliphatic heterocycles. The van der Waals surface area contributed by atoms with Crippen molar-refractivity contribution >= 4 is 15.9 Å². The van der Waals surface area contributed by atoms with Gasteiger partial charge in [-0.15, -0.1) is 0 Å². The molecule has 3 rings (SSSR count).